The summed E-state index contributed by atoms with van der Waals surface area (Å²) in [6.45, 7) is 0. The summed E-state index contributed by atoms with van der Waals surface area (Å²) >= 11 is 7.70. The minimum atomic E-state index is 0.376. The average molecular weight is 244 g/mol. The molecule has 0 saturated heterocycles. The molecule has 0 bridgehead atoms. The van der Waals surface area contributed by atoms with Gasteiger partial charge in [0.05, 0.1) is 0 Å². The molecule has 1 fully saturated rings. The summed E-state index contributed by atoms with van der Waals surface area (Å²) in [5.74, 6) is 2.29. The van der Waals surface area contributed by atoms with Crippen LogP contribution in [0.4, 0.5) is 5.82 Å². The van der Waals surface area contributed by atoms with Crippen molar-refractivity contribution in [1.82, 2.24) is 9.97 Å². The first kappa shape index (κ1) is 11.0. The predicted molar refractivity (Wildman–Crippen MR) is 64.1 cm³/mol. The highest BCUT2D eigenvalue weighted by atomic mass is 35.5. The van der Waals surface area contributed by atoms with E-state index in [0.29, 0.717) is 10.8 Å². The number of hydrogen-bond acceptors (Lipinski definition) is 4. The van der Waals surface area contributed by atoms with E-state index in [1.54, 1.807) is 11.8 Å². The summed E-state index contributed by atoms with van der Waals surface area (Å²) in [5, 5.41) is 1.32. The molecular weight excluding hydrogens is 230 g/mol. The molecule has 15 heavy (non-hydrogen) atoms. The van der Waals surface area contributed by atoms with Crippen LogP contribution in [0.1, 0.15) is 25.7 Å². The Bertz CT molecular complexity index is 339. The van der Waals surface area contributed by atoms with Crippen LogP contribution in [0.3, 0.4) is 0 Å². The molecule has 1 aliphatic rings. The maximum atomic E-state index is 6.01. The van der Waals surface area contributed by atoms with Crippen molar-refractivity contribution in [2.75, 3.05) is 11.5 Å². The van der Waals surface area contributed by atoms with Crippen LogP contribution in [-0.2, 0) is 0 Å². The third kappa shape index (κ3) is 2.75. The van der Waals surface area contributed by atoms with Gasteiger partial charge in [0.15, 0.2) is 0 Å². The number of nitrogens with two attached hydrogens (primary N) is 1. The van der Waals surface area contributed by atoms with Crippen LogP contribution in [0.15, 0.2) is 11.4 Å². The number of anilines is 1. The molecule has 0 amide bonds. The van der Waals surface area contributed by atoms with Crippen molar-refractivity contribution >= 4 is 29.2 Å². The van der Waals surface area contributed by atoms with Gasteiger partial charge in [0.25, 0.3) is 0 Å². The molecule has 0 aromatic carbocycles. The van der Waals surface area contributed by atoms with Crippen LogP contribution >= 0.6 is 23.4 Å². The third-order valence-electron chi connectivity index (χ3n) is 2.71. The smallest absolute Gasteiger partial charge is 0.146 e. The summed E-state index contributed by atoms with van der Waals surface area (Å²) in [6, 6.07) is 0. The van der Waals surface area contributed by atoms with E-state index in [1.165, 1.54) is 32.0 Å². The molecule has 3 nitrogen and oxygen atoms in total. The molecule has 82 valence electrons. The molecule has 5 heteroatoms. The maximum absolute atomic E-state index is 6.01. The maximum Gasteiger partial charge on any atom is 0.146 e. The van der Waals surface area contributed by atoms with Gasteiger partial charge in [0.1, 0.15) is 22.2 Å². The Kier molecular flexibility index (Phi) is 3.70. The Morgan fingerprint density at radius 2 is 2.13 bits per heavy atom. The van der Waals surface area contributed by atoms with Gasteiger partial charge in [-0.25, -0.2) is 9.97 Å². The van der Waals surface area contributed by atoms with Crippen molar-refractivity contribution in [3.8, 4) is 0 Å². The first-order chi connectivity index (χ1) is 7.27. The van der Waals surface area contributed by atoms with E-state index in [1.807, 2.05) is 0 Å². The van der Waals surface area contributed by atoms with Crippen LogP contribution in [0.25, 0.3) is 0 Å². The summed E-state index contributed by atoms with van der Waals surface area (Å²) in [6.07, 6.45) is 6.88. The number of thioether (sulfide) groups is 1. The lowest BCUT2D eigenvalue weighted by Crippen LogP contribution is -1.99. The highest BCUT2D eigenvalue weighted by Gasteiger charge is 2.16. The quantitative estimate of drug-likeness (QED) is 0.655. The second-order valence-electron chi connectivity index (χ2n) is 3.84. The molecule has 0 unspecified atom stereocenters. The average Bonchev–Trinajstić information content (AvgIpc) is 2.73. The molecule has 0 spiro atoms. The summed E-state index contributed by atoms with van der Waals surface area (Å²) in [4.78, 5) is 7.98. The zero-order valence-corrected chi connectivity index (χ0v) is 10.0. The van der Waals surface area contributed by atoms with Crippen LogP contribution < -0.4 is 5.73 Å². The van der Waals surface area contributed by atoms with E-state index >= 15 is 0 Å². The highest BCUT2D eigenvalue weighted by molar-refractivity contribution is 7.99. The van der Waals surface area contributed by atoms with E-state index in [4.69, 9.17) is 17.3 Å². The number of halogens is 1. The molecule has 1 aromatic rings. The van der Waals surface area contributed by atoms with E-state index in [2.05, 4.69) is 9.97 Å². The van der Waals surface area contributed by atoms with E-state index < -0.39 is 0 Å². The second-order valence-corrected chi connectivity index (χ2v) is 5.23. The molecular formula is C10H14ClN3S. The molecule has 1 aromatic heterocycles. The highest BCUT2D eigenvalue weighted by Crippen LogP contribution is 2.33. The van der Waals surface area contributed by atoms with Crippen molar-refractivity contribution < 1.29 is 0 Å². The minimum absolute atomic E-state index is 0.376. The Hall–Kier alpha value is -0.480. The zero-order chi connectivity index (χ0) is 10.7. The van der Waals surface area contributed by atoms with E-state index in [0.717, 1.165) is 16.7 Å². The SMILES string of the molecule is Nc1ncnc(SCC2CCCC2)c1Cl. The van der Waals surface area contributed by atoms with E-state index in [9.17, 15) is 0 Å². The fourth-order valence-electron chi connectivity index (χ4n) is 1.84. The van der Waals surface area contributed by atoms with Gasteiger partial charge < -0.3 is 5.73 Å². The lowest BCUT2D eigenvalue weighted by atomic mass is 10.1. The topological polar surface area (TPSA) is 51.8 Å². The van der Waals surface area contributed by atoms with Gasteiger partial charge in [-0.2, -0.15) is 0 Å². The minimum Gasteiger partial charge on any atom is -0.382 e. The molecule has 0 radical (unpaired) electrons. The zero-order valence-electron chi connectivity index (χ0n) is 8.45. The first-order valence-electron chi connectivity index (χ1n) is 5.16. The third-order valence-corrected chi connectivity index (χ3v) is 4.42. The molecule has 2 N–H and O–H groups in total. The number of nitrogens with zero attached hydrogens (tertiary/aromatic N) is 2. The molecule has 2 rings (SSSR count). The van der Waals surface area contributed by atoms with Crippen molar-refractivity contribution in [3.63, 3.8) is 0 Å². The number of rotatable bonds is 3. The standard InChI is InChI=1S/C10H14ClN3S/c11-8-9(12)13-6-14-10(8)15-5-7-3-1-2-4-7/h6-7H,1-5H2,(H2,12,13,14). The molecule has 1 heterocycles. The first-order valence-corrected chi connectivity index (χ1v) is 6.52. The van der Waals surface area contributed by atoms with Crippen molar-refractivity contribution in [3.05, 3.63) is 11.3 Å². The van der Waals surface area contributed by atoms with Gasteiger partial charge in [-0.15, -0.1) is 11.8 Å². The van der Waals surface area contributed by atoms with Gasteiger partial charge in [0.2, 0.25) is 0 Å². The van der Waals surface area contributed by atoms with Gasteiger partial charge in [-0.3, -0.25) is 0 Å². The summed E-state index contributed by atoms with van der Waals surface area (Å²) in [7, 11) is 0. The van der Waals surface area contributed by atoms with Gasteiger partial charge >= 0.3 is 0 Å². The van der Waals surface area contributed by atoms with Crippen LogP contribution in [-0.4, -0.2) is 15.7 Å². The predicted octanol–water partition coefficient (Wildman–Crippen LogP) is 2.99. The molecule has 0 atom stereocenters. The number of aromatic nitrogens is 2. The lowest BCUT2D eigenvalue weighted by Gasteiger charge is -2.08. The van der Waals surface area contributed by atoms with Crippen molar-refractivity contribution in [2.24, 2.45) is 5.92 Å². The van der Waals surface area contributed by atoms with Gasteiger partial charge in [0, 0.05) is 5.75 Å². The fourth-order valence-corrected chi connectivity index (χ4v) is 3.18. The lowest BCUT2D eigenvalue weighted by molar-refractivity contribution is 0.623. The Labute approximate surface area is 98.8 Å². The van der Waals surface area contributed by atoms with Crippen molar-refractivity contribution in [1.29, 1.82) is 0 Å². The Balaban J connectivity index is 1.95. The Morgan fingerprint density at radius 3 is 2.87 bits per heavy atom. The van der Waals surface area contributed by atoms with Crippen molar-refractivity contribution in [2.45, 2.75) is 30.7 Å². The largest absolute Gasteiger partial charge is 0.382 e. The molecule has 1 aliphatic carbocycles. The second kappa shape index (κ2) is 5.03. The van der Waals surface area contributed by atoms with Crippen LogP contribution in [0, 0.1) is 5.92 Å². The summed E-state index contributed by atoms with van der Waals surface area (Å²) in [5.41, 5.74) is 5.61. The molecule has 0 aliphatic heterocycles. The number of nitrogen functional groups attached to an aromatic ring is 1. The monoisotopic (exact) mass is 243 g/mol. The summed E-state index contributed by atoms with van der Waals surface area (Å²) < 4.78 is 0. The fraction of sp³-hybridized carbons (Fsp3) is 0.600. The van der Waals surface area contributed by atoms with Crippen LogP contribution in [0.2, 0.25) is 5.02 Å². The van der Waals surface area contributed by atoms with Gasteiger partial charge in [-0.1, -0.05) is 24.4 Å². The van der Waals surface area contributed by atoms with Gasteiger partial charge in [-0.05, 0) is 18.8 Å². The number of hydrogen-bond donors (Lipinski definition) is 1. The van der Waals surface area contributed by atoms with E-state index in [-0.39, 0.29) is 0 Å². The molecule has 1 saturated carbocycles. The van der Waals surface area contributed by atoms with Crippen LogP contribution in [0.5, 0.6) is 0 Å². The normalized spacial score (nSPS) is 17.1. The Morgan fingerprint density at radius 1 is 1.40 bits per heavy atom.